The van der Waals surface area contributed by atoms with E-state index in [0.717, 1.165) is 16.5 Å². The molecule has 0 amide bonds. The predicted octanol–water partition coefficient (Wildman–Crippen LogP) is 4.47. The number of benzene rings is 1. The Morgan fingerprint density at radius 1 is 1.41 bits per heavy atom. The van der Waals surface area contributed by atoms with Gasteiger partial charge in [-0.3, -0.25) is 4.79 Å². The first-order chi connectivity index (χ1) is 8.16. The second kappa shape index (κ2) is 6.05. The Kier molecular flexibility index (Phi) is 4.69. The summed E-state index contributed by atoms with van der Waals surface area (Å²) >= 11 is 5.49. The third kappa shape index (κ3) is 3.59. The molecular weight excluding hydrogens is 296 g/mol. The molecule has 1 nitrogen and oxygen atoms in total. The minimum absolute atomic E-state index is 0.294. The molecule has 17 heavy (non-hydrogen) atoms. The van der Waals surface area contributed by atoms with Gasteiger partial charge in [-0.15, -0.1) is 0 Å². The molecule has 0 aliphatic carbocycles. The van der Waals surface area contributed by atoms with Crippen LogP contribution in [0.4, 0.5) is 0 Å². The fourth-order valence-corrected chi connectivity index (χ4v) is 3.68. The molecule has 0 atom stereocenters. The molecule has 0 spiro atoms. The van der Waals surface area contributed by atoms with Crippen LogP contribution >= 0.6 is 27.7 Å². The van der Waals surface area contributed by atoms with Gasteiger partial charge in [-0.2, -0.15) is 11.8 Å². The number of halogens is 1. The molecule has 92 valence electrons. The Labute approximate surface area is 115 Å². The van der Waals surface area contributed by atoms with Crippen molar-refractivity contribution >= 4 is 33.5 Å². The van der Waals surface area contributed by atoms with Gasteiger partial charge in [-0.25, -0.2) is 0 Å². The molecule has 3 heteroatoms. The summed E-state index contributed by atoms with van der Waals surface area (Å²) in [5.41, 5.74) is 2.02. The average Bonchev–Trinajstić information content (AvgIpc) is 2.34. The minimum Gasteiger partial charge on any atom is -0.294 e. The normalized spacial score (nSPS) is 17.1. The van der Waals surface area contributed by atoms with Gasteiger partial charge in [0.2, 0.25) is 0 Å². The molecule has 0 N–H and O–H groups in total. The molecule has 1 aliphatic rings. The quantitative estimate of drug-likeness (QED) is 0.766. The van der Waals surface area contributed by atoms with E-state index in [1.54, 1.807) is 0 Å². The molecule has 0 saturated carbocycles. The molecule has 1 aromatic carbocycles. The highest BCUT2D eigenvalue weighted by Gasteiger charge is 2.18. The van der Waals surface area contributed by atoms with Crippen molar-refractivity contribution < 1.29 is 4.79 Å². The summed E-state index contributed by atoms with van der Waals surface area (Å²) in [6, 6.07) is 5.91. The van der Waals surface area contributed by atoms with E-state index in [-0.39, 0.29) is 0 Å². The lowest BCUT2D eigenvalue weighted by Crippen LogP contribution is -2.14. The maximum absolute atomic E-state index is 12.1. The largest absolute Gasteiger partial charge is 0.294 e. The van der Waals surface area contributed by atoms with Crippen LogP contribution in [0.1, 0.15) is 35.2 Å². The topological polar surface area (TPSA) is 17.1 Å². The van der Waals surface area contributed by atoms with Gasteiger partial charge >= 0.3 is 0 Å². The van der Waals surface area contributed by atoms with E-state index in [1.165, 1.54) is 29.9 Å². The molecule has 1 saturated heterocycles. The molecule has 0 aromatic heterocycles. The third-order valence-corrected chi connectivity index (χ3v) is 5.21. The van der Waals surface area contributed by atoms with E-state index >= 15 is 0 Å². The Morgan fingerprint density at radius 2 is 2.12 bits per heavy atom. The monoisotopic (exact) mass is 312 g/mol. The van der Waals surface area contributed by atoms with E-state index in [0.29, 0.717) is 11.7 Å². The second-order valence-corrected chi connectivity index (χ2v) is 6.73. The van der Waals surface area contributed by atoms with Crippen molar-refractivity contribution in [2.24, 2.45) is 5.92 Å². The van der Waals surface area contributed by atoms with Gasteiger partial charge in [0, 0.05) is 16.5 Å². The zero-order valence-electron chi connectivity index (χ0n) is 10.0. The van der Waals surface area contributed by atoms with Crippen LogP contribution < -0.4 is 0 Å². The number of hydrogen-bond acceptors (Lipinski definition) is 2. The Balaban J connectivity index is 2.01. The summed E-state index contributed by atoms with van der Waals surface area (Å²) in [6.07, 6.45) is 3.11. The first-order valence-corrected chi connectivity index (χ1v) is 7.98. The summed E-state index contributed by atoms with van der Waals surface area (Å²) in [5.74, 6) is 3.33. The van der Waals surface area contributed by atoms with E-state index in [1.807, 2.05) is 36.9 Å². The van der Waals surface area contributed by atoms with Gasteiger partial charge in [0.1, 0.15) is 0 Å². The van der Waals surface area contributed by atoms with Crippen molar-refractivity contribution in [3.8, 4) is 0 Å². The van der Waals surface area contributed by atoms with Crippen LogP contribution in [0.5, 0.6) is 0 Å². The van der Waals surface area contributed by atoms with Crippen molar-refractivity contribution in [3.05, 3.63) is 33.8 Å². The van der Waals surface area contributed by atoms with Crippen molar-refractivity contribution in [2.75, 3.05) is 11.5 Å². The average molecular weight is 313 g/mol. The van der Waals surface area contributed by atoms with Gasteiger partial charge in [0.25, 0.3) is 0 Å². The van der Waals surface area contributed by atoms with Crippen LogP contribution in [0.3, 0.4) is 0 Å². The highest BCUT2D eigenvalue weighted by Crippen LogP contribution is 2.27. The molecule has 1 aliphatic heterocycles. The Morgan fingerprint density at radius 3 is 2.76 bits per heavy atom. The molecule has 0 radical (unpaired) electrons. The SMILES string of the molecule is Cc1ccc(C(=O)CC2CCSCC2)cc1Br. The van der Waals surface area contributed by atoms with Crippen LogP contribution in [0, 0.1) is 12.8 Å². The first-order valence-electron chi connectivity index (χ1n) is 6.04. The molecule has 1 heterocycles. The van der Waals surface area contributed by atoms with Crippen molar-refractivity contribution in [1.29, 1.82) is 0 Å². The molecule has 0 bridgehead atoms. The van der Waals surface area contributed by atoms with E-state index in [9.17, 15) is 4.79 Å². The molecular formula is C14H17BrOS. The Hall–Kier alpha value is -0.280. The maximum Gasteiger partial charge on any atom is 0.163 e. The zero-order chi connectivity index (χ0) is 12.3. The highest BCUT2D eigenvalue weighted by molar-refractivity contribution is 9.10. The minimum atomic E-state index is 0.294. The van der Waals surface area contributed by atoms with E-state index < -0.39 is 0 Å². The number of aryl methyl sites for hydroxylation is 1. The summed E-state index contributed by atoms with van der Waals surface area (Å²) in [5, 5.41) is 0. The number of Topliss-reactive ketones (excluding diaryl/α,β-unsaturated/α-hetero) is 1. The number of carbonyl (C=O) groups is 1. The maximum atomic E-state index is 12.1. The molecule has 0 unspecified atom stereocenters. The van der Waals surface area contributed by atoms with Crippen LogP contribution in [0.2, 0.25) is 0 Å². The van der Waals surface area contributed by atoms with Gasteiger partial charge in [0.15, 0.2) is 5.78 Å². The first kappa shape index (κ1) is 13.2. The van der Waals surface area contributed by atoms with Crippen LogP contribution in [-0.2, 0) is 0 Å². The number of carbonyl (C=O) groups excluding carboxylic acids is 1. The van der Waals surface area contributed by atoms with Crippen LogP contribution in [-0.4, -0.2) is 17.3 Å². The molecule has 1 aromatic rings. The fourth-order valence-electron chi connectivity index (χ4n) is 2.10. The van der Waals surface area contributed by atoms with E-state index in [2.05, 4.69) is 15.9 Å². The van der Waals surface area contributed by atoms with Gasteiger partial charge in [0.05, 0.1) is 0 Å². The third-order valence-electron chi connectivity index (χ3n) is 3.31. The summed E-state index contributed by atoms with van der Waals surface area (Å²) in [6.45, 7) is 2.04. The van der Waals surface area contributed by atoms with Crippen molar-refractivity contribution in [1.82, 2.24) is 0 Å². The zero-order valence-corrected chi connectivity index (χ0v) is 12.4. The molecule has 1 fully saturated rings. The van der Waals surface area contributed by atoms with Crippen LogP contribution in [0.15, 0.2) is 22.7 Å². The van der Waals surface area contributed by atoms with Gasteiger partial charge in [-0.05, 0) is 48.8 Å². The smallest absolute Gasteiger partial charge is 0.163 e. The number of rotatable bonds is 3. The lowest BCUT2D eigenvalue weighted by atomic mass is 9.93. The summed E-state index contributed by atoms with van der Waals surface area (Å²) in [7, 11) is 0. The fraction of sp³-hybridized carbons (Fsp3) is 0.500. The number of thioether (sulfide) groups is 1. The number of hydrogen-bond donors (Lipinski definition) is 0. The van der Waals surface area contributed by atoms with Gasteiger partial charge < -0.3 is 0 Å². The van der Waals surface area contributed by atoms with Crippen LogP contribution in [0.25, 0.3) is 0 Å². The number of ketones is 1. The second-order valence-electron chi connectivity index (χ2n) is 4.65. The summed E-state index contributed by atoms with van der Waals surface area (Å²) < 4.78 is 1.03. The van der Waals surface area contributed by atoms with Gasteiger partial charge in [-0.1, -0.05) is 28.1 Å². The van der Waals surface area contributed by atoms with Crippen molar-refractivity contribution in [2.45, 2.75) is 26.2 Å². The predicted molar refractivity (Wildman–Crippen MR) is 77.9 cm³/mol. The highest BCUT2D eigenvalue weighted by atomic mass is 79.9. The Bertz CT molecular complexity index is 411. The molecule has 2 rings (SSSR count). The van der Waals surface area contributed by atoms with E-state index in [4.69, 9.17) is 0 Å². The van der Waals surface area contributed by atoms with Crippen molar-refractivity contribution in [3.63, 3.8) is 0 Å². The lowest BCUT2D eigenvalue weighted by Gasteiger charge is -2.20. The summed E-state index contributed by atoms with van der Waals surface area (Å²) in [4.78, 5) is 12.1. The standard InChI is InChI=1S/C14H17BrOS/c1-10-2-3-12(9-13(10)15)14(16)8-11-4-6-17-7-5-11/h2-3,9,11H,4-8H2,1H3. The lowest BCUT2D eigenvalue weighted by molar-refractivity contribution is 0.0958.